The second-order valence-electron chi connectivity index (χ2n) is 6.08. The molecular weight excluding hydrogens is 260 g/mol. The molecule has 1 aromatic carbocycles. The number of amides is 1. The summed E-state index contributed by atoms with van der Waals surface area (Å²) >= 11 is 0. The van der Waals surface area contributed by atoms with Gasteiger partial charge in [-0.1, -0.05) is 38.3 Å². The van der Waals surface area contributed by atoms with Crippen LogP contribution >= 0.6 is 0 Å². The van der Waals surface area contributed by atoms with Crippen LogP contribution in [-0.2, 0) is 11.2 Å². The SMILES string of the molecule is CCC1CCC(CNC(=O)Cc2ccc(C#N)cc2)CC1. The largest absolute Gasteiger partial charge is 0.356 e. The van der Waals surface area contributed by atoms with Crippen LogP contribution in [0.2, 0.25) is 0 Å². The molecule has 3 heteroatoms. The van der Waals surface area contributed by atoms with E-state index in [0.29, 0.717) is 17.9 Å². The molecule has 3 nitrogen and oxygen atoms in total. The predicted octanol–water partition coefficient (Wildman–Crippen LogP) is 3.43. The van der Waals surface area contributed by atoms with Gasteiger partial charge in [-0.3, -0.25) is 4.79 Å². The van der Waals surface area contributed by atoms with Crippen LogP contribution in [0, 0.1) is 23.2 Å². The molecule has 112 valence electrons. The van der Waals surface area contributed by atoms with Crippen molar-refractivity contribution in [2.45, 2.75) is 45.4 Å². The smallest absolute Gasteiger partial charge is 0.224 e. The van der Waals surface area contributed by atoms with E-state index in [1.165, 1.54) is 32.1 Å². The predicted molar refractivity (Wildman–Crippen MR) is 83.6 cm³/mol. The fourth-order valence-electron chi connectivity index (χ4n) is 3.05. The summed E-state index contributed by atoms with van der Waals surface area (Å²) in [5.41, 5.74) is 1.59. The van der Waals surface area contributed by atoms with Gasteiger partial charge in [-0.25, -0.2) is 0 Å². The highest BCUT2D eigenvalue weighted by molar-refractivity contribution is 5.78. The van der Waals surface area contributed by atoms with Crippen molar-refractivity contribution in [3.8, 4) is 6.07 Å². The molecular formula is C18H24N2O. The molecule has 0 atom stereocenters. The Morgan fingerprint density at radius 3 is 2.38 bits per heavy atom. The molecule has 0 aromatic heterocycles. The molecule has 0 aliphatic heterocycles. The molecule has 0 unspecified atom stereocenters. The van der Waals surface area contributed by atoms with E-state index in [1.807, 2.05) is 12.1 Å². The number of carbonyl (C=O) groups excluding carboxylic acids is 1. The van der Waals surface area contributed by atoms with E-state index in [-0.39, 0.29) is 5.91 Å². The molecule has 0 bridgehead atoms. The average molecular weight is 284 g/mol. The maximum Gasteiger partial charge on any atom is 0.224 e. The van der Waals surface area contributed by atoms with Crippen molar-refractivity contribution in [1.29, 1.82) is 5.26 Å². The molecule has 0 heterocycles. The lowest BCUT2D eigenvalue weighted by molar-refractivity contribution is -0.120. The van der Waals surface area contributed by atoms with Gasteiger partial charge in [-0.05, 0) is 42.4 Å². The highest BCUT2D eigenvalue weighted by Crippen LogP contribution is 2.30. The first-order valence-electron chi connectivity index (χ1n) is 7.97. The summed E-state index contributed by atoms with van der Waals surface area (Å²) in [6.07, 6.45) is 6.80. The Morgan fingerprint density at radius 2 is 1.81 bits per heavy atom. The number of nitrogens with one attached hydrogen (secondary N) is 1. The minimum atomic E-state index is 0.0809. The third-order valence-electron chi connectivity index (χ3n) is 4.58. The summed E-state index contributed by atoms with van der Waals surface area (Å²) in [6, 6.07) is 9.30. The van der Waals surface area contributed by atoms with Crippen LogP contribution in [0.25, 0.3) is 0 Å². The average Bonchev–Trinajstić information content (AvgIpc) is 2.54. The van der Waals surface area contributed by atoms with Gasteiger partial charge in [0.2, 0.25) is 5.91 Å². The normalized spacial score (nSPS) is 21.5. The zero-order chi connectivity index (χ0) is 15.1. The molecule has 1 amide bonds. The summed E-state index contributed by atoms with van der Waals surface area (Å²) in [7, 11) is 0. The van der Waals surface area contributed by atoms with Crippen molar-refractivity contribution in [1.82, 2.24) is 5.32 Å². The van der Waals surface area contributed by atoms with Gasteiger partial charge in [0.15, 0.2) is 0 Å². The number of benzene rings is 1. The van der Waals surface area contributed by atoms with Crippen LogP contribution in [-0.4, -0.2) is 12.5 Å². The molecule has 1 aromatic rings. The summed E-state index contributed by atoms with van der Waals surface area (Å²) in [4.78, 5) is 12.0. The van der Waals surface area contributed by atoms with Gasteiger partial charge in [0.1, 0.15) is 0 Å². The number of hydrogen-bond donors (Lipinski definition) is 1. The molecule has 1 saturated carbocycles. The van der Waals surface area contributed by atoms with E-state index in [1.54, 1.807) is 12.1 Å². The van der Waals surface area contributed by atoms with Crippen LogP contribution in [0.3, 0.4) is 0 Å². The second kappa shape index (κ2) is 7.83. The Labute approximate surface area is 127 Å². The first-order chi connectivity index (χ1) is 10.2. The van der Waals surface area contributed by atoms with Crippen molar-refractivity contribution in [3.63, 3.8) is 0 Å². The lowest BCUT2D eigenvalue weighted by atomic mass is 9.81. The van der Waals surface area contributed by atoms with E-state index in [9.17, 15) is 4.79 Å². The molecule has 1 aliphatic carbocycles. The molecule has 0 radical (unpaired) electrons. The van der Waals surface area contributed by atoms with Crippen LogP contribution in [0.1, 0.15) is 50.2 Å². The number of hydrogen-bond acceptors (Lipinski definition) is 2. The highest BCUT2D eigenvalue weighted by atomic mass is 16.1. The monoisotopic (exact) mass is 284 g/mol. The first kappa shape index (κ1) is 15.6. The number of rotatable bonds is 5. The minimum Gasteiger partial charge on any atom is -0.356 e. The van der Waals surface area contributed by atoms with Gasteiger partial charge in [0.25, 0.3) is 0 Å². The van der Waals surface area contributed by atoms with Gasteiger partial charge >= 0.3 is 0 Å². The zero-order valence-corrected chi connectivity index (χ0v) is 12.8. The van der Waals surface area contributed by atoms with E-state index in [4.69, 9.17) is 5.26 Å². The van der Waals surface area contributed by atoms with Crippen LogP contribution in [0.4, 0.5) is 0 Å². The molecule has 21 heavy (non-hydrogen) atoms. The Kier molecular flexibility index (Phi) is 5.80. The van der Waals surface area contributed by atoms with Crippen LogP contribution < -0.4 is 5.32 Å². The van der Waals surface area contributed by atoms with Gasteiger partial charge in [-0.2, -0.15) is 5.26 Å². The molecule has 0 spiro atoms. The zero-order valence-electron chi connectivity index (χ0n) is 12.8. The van der Waals surface area contributed by atoms with E-state index < -0.39 is 0 Å². The third kappa shape index (κ3) is 4.90. The van der Waals surface area contributed by atoms with E-state index in [0.717, 1.165) is 18.0 Å². The maximum atomic E-state index is 12.0. The van der Waals surface area contributed by atoms with Crippen molar-refractivity contribution in [2.75, 3.05) is 6.54 Å². The van der Waals surface area contributed by atoms with Crippen molar-refractivity contribution in [2.24, 2.45) is 11.8 Å². The Hall–Kier alpha value is -1.82. The summed E-state index contributed by atoms with van der Waals surface area (Å²) in [6.45, 7) is 3.08. The lowest BCUT2D eigenvalue weighted by Gasteiger charge is -2.27. The van der Waals surface area contributed by atoms with Crippen LogP contribution in [0.5, 0.6) is 0 Å². The number of carbonyl (C=O) groups is 1. The molecule has 1 N–H and O–H groups in total. The highest BCUT2D eigenvalue weighted by Gasteiger charge is 2.20. The molecule has 0 saturated heterocycles. The molecule has 2 rings (SSSR count). The van der Waals surface area contributed by atoms with Gasteiger partial charge in [-0.15, -0.1) is 0 Å². The fourth-order valence-corrected chi connectivity index (χ4v) is 3.05. The summed E-state index contributed by atoms with van der Waals surface area (Å²) in [5.74, 6) is 1.63. The maximum absolute atomic E-state index is 12.0. The molecule has 1 fully saturated rings. The van der Waals surface area contributed by atoms with Gasteiger partial charge in [0.05, 0.1) is 18.1 Å². The Bertz CT molecular complexity index is 493. The lowest BCUT2D eigenvalue weighted by Crippen LogP contribution is -2.32. The molecule has 1 aliphatic rings. The quantitative estimate of drug-likeness (QED) is 0.900. The van der Waals surface area contributed by atoms with E-state index in [2.05, 4.69) is 18.3 Å². The van der Waals surface area contributed by atoms with E-state index >= 15 is 0 Å². The number of nitrogens with zero attached hydrogens (tertiary/aromatic N) is 1. The summed E-state index contributed by atoms with van der Waals surface area (Å²) < 4.78 is 0. The van der Waals surface area contributed by atoms with Gasteiger partial charge < -0.3 is 5.32 Å². The number of nitriles is 1. The Balaban J connectivity index is 1.71. The summed E-state index contributed by atoms with van der Waals surface area (Å²) in [5, 5.41) is 11.8. The van der Waals surface area contributed by atoms with Gasteiger partial charge in [0, 0.05) is 6.54 Å². The second-order valence-corrected chi connectivity index (χ2v) is 6.08. The van der Waals surface area contributed by atoms with Crippen LogP contribution in [0.15, 0.2) is 24.3 Å². The minimum absolute atomic E-state index is 0.0809. The first-order valence-corrected chi connectivity index (χ1v) is 7.97. The Morgan fingerprint density at radius 1 is 1.19 bits per heavy atom. The standard InChI is InChI=1S/C18H24N2O/c1-2-14-3-9-17(10-4-14)13-20-18(21)11-15-5-7-16(12-19)8-6-15/h5-8,14,17H,2-4,9-11,13H2,1H3,(H,20,21). The fraction of sp³-hybridized carbons (Fsp3) is 0.556. The van der Waals surface area contributed by atoms with Crippen molar-refractivity contribution >= 4 is 5.91 Å². The topological polar surface area (TPSA) is 52.9 Å². The third-order valence-corrected chi connectivity index (χ3v) is 4.58. The van der Waals surface area contributed by atoms with Crippen molar-refractivity contribution < 1.29 is 4.79 Å². The van der Waals surface area contributed by atoms with Crippen molar-refractivity contribution in [3.05, 3.63) is 35.4 Å².